The largest absolute Gasteiger partial charge is 0.488 e. The van der Waals surface area contributed by atoms with Gasteiger partial charge in [-0.05, 0) is 64.0 Å². The van der Waals surface area contributed by atoms with Crippen LogP contribution in [0.1, 0.15) is 22.5 Å². The van der Waals surface area contributed by atoms with E-state index in [1.165, 1.54) is 11.8 Å². The Labute approximate surface area is 222 Å². The van der Waals surface area contributed by atoms with E-state index in [-0.39, 0.29) is 5.91 Å². The van der Waals surface area contributed by atoms with E-state index in [1.807, 2.05) is 84.9 Å². The molecule has 6 rings (SSSR count). The minimum absolute atomic E-state index is 0.190. The van der Waals surface area contributed by atoms with Crippen LogP contribution in [0.15, 0.2) is 101 Å². The molecule has 0 radical (unpaired) electrons. The van der Waals surface area contributed by atoms with E-state index in [9.17, 15) is 4.79 Å². The molecule has 2 N–H and O–H groups in total. The van der Waals surface area contributed by atoms with Crippen molar-refractivity contribution in [1.82, 2.24) is 25.9 Å². The Hall–Kier alpha value is -4.76. The third-order valence-corrected chi connectivity index (χ3v) is 6.88. The van der Waals surface area contributed by atoms with E-state index < -0.39 is 0 Å². The molecule has 5 aromatic rings. The lowest BCUT2D eigenvalue weighted by Crippen LogP contribution is -2.19. The summed E-state index contributed by atoms with van der Waals surface area (Å²) in [5, 5.41) is 19.5. The van der Waals surface area contributed by atoms with Crippen LogP contribution in [0, 0.1) is 0 Å². The summed E-state index contributed by atoms with van der Waals surface area (Å²) >= 11 is 1.31. The van der Waals surface area contributed by atoms with Gasteiger partial charge in [0.25, 0.3) is 5.91 Å². The Morgan fingerprint density at radius 2 is 1.66 bits per heavy atom. The number of nitrogens with zero attached hydrogens (tertiary/aromatic N) is 4. The Balaban J connectivity index is 1.23. The van der Waals surface area contributed by atoms with Gasteiger partial charge in [0.1, 0.15) is 12.4 Å². The molecule has 0 aliphatic carbocycles. The van der Waals surface area contributed by atoms with Crippen molar-refractivity contribution in [2.45, 2.75) is 13.0 Å². The Morgan fingerprint density at radius 1 is 0.895 bits per heavy atom. The Bertz CT molecular complexity index is 1650. The summed E-state index contributed by atoms with van der Waals surface area (Å²) in [6, 6.07) is 29.9. The predicted molar refractivity (Wildman–Crippen MR) is 149 cm³/mol. The van der Waals surface area contributed by atoms with Crippen LogP contribution < -0.4 is 10.1 Å². The number of amides is 1. The third kappa shape index (κ3) is 5.47. The number of ether oxygens (including phenoxy) is 1. The van der Waals surface area contributed by atoms with Gasteiger partial charge in [-0.15, -0.1) is 10.2 Å². The van der Waals surface area contributed by atoms with Crippen molar-refractivity contribution < 1.29 is 9.53 Å². The number of thioether (sulfide) groups is 1. The molecule has 9 heteroatoms. The standard InChI is InChI=1S/C29H22N6O2S/c36-28-26(38-29(31-28)30-24-12-10-19(11-13-24)14-27-32-34-35-33-27)17-23-15-21-8-4-5-9-22(21)16-25(23)37-18-20-6-2-1-3-7-20/h1-13,15-17H,14,18H2,(H,30,31,36)(H,32,33,34,35). The fraction of sp³-hybridized carbons (Fsp3) is 0.0690. The van der Waals surface area contributed by atoms with E-state index in [4.69, 9.17) is 4.74 Å². The van der Waals surface area contributed by atoms with Gasteiger partial charge in [-0.2, -0.15) is 5.21 Å². The maximum Gasteiger partial charge on any atom is 0.264 e. The van der Waals surface area contributed by atoms with Crippen LogP contribution in [0.5, 0.6) is 5.75 Å². The van der Waals surface area contributed by atoms with Crippen LogP contribution in [0.25, 0.3) is 16.8 Å². The molecule has 0 unspecified atom stereocenters. The second-order valence-electron chi connectivity index (χ2n) is 8.66. The number of aromatic amines is 1. The summed E-state index contributed by atoms with van der Waals surface area (Å²) < 4.78 is 6.22. The highest BCUT2D eigenvalue weighted by molar-refractivity contribution is 8.18. The summed E-state index contributed by atoms with van der Waals surface area (Å²) in [6.07, 6.45) is 2.44. The van der Waals surface area contributed by atoms with Gasteiger partial charge in [0.2, 0.25) is 0 Å². The maximum absolute atomic E-state index is 12.8. The molecule has 1 saturated heterocycles. The predicted octanol–water partition coefficient (Wildman–Crippen LogP) is 5.41. The molecular formula is C29H22N6O2S. The van der Waals surface area contributed by atoms with E-state index >= 15 is 0 Å². The van der Waals surface area contributed by atoms with Crippen LogP contribution in [0.2, 0.25) is 0 Å². The molecule has 0 saturated carbocycles. The third-order valence-electron chi connectivity index (χ3n) is 5.97. The first-order chi connectivity index (χ1) is 18.7. The van der Waals surface area contributed by atoms with Crippen LogP contribution >= 0.6 is 11.8 Å². The Morgan fingerprint density at radius 3 is 2.42 bits per heavy atom. The van der Waals surface area contributed by atoms with Crippen molar-refractivity contribution in [3.63, 3.8) is 0 Å². The molecule has 38 heavy (non-hydrogen) atoms. The number of carbonyl (C=O) groups is 1. The van der Waals surface area contributed by atoms with Gasteiger partial charge in [-0.1, -0.05) is 71.9 Å². The van der Waals surface area contributed by atoms with Crippen LogP contribution in [0.3, 0.4) is 0 Å². The van der Waals surface area contributed by atoms with Gasteiger partial charge in [0.05, 0.1) is 10.6 Å². The average molecular weight is 519 g/mol. The molecule has 1 aromatic heterocycles. The number of hydrogen-bond acceptors (Lipinski definition) is 7. The molecule has 0 spiro atoms. The number of aromatic nitrogens is 4. The first kappa shape index (κ1) is 23.6. The second kappa shape index (κ2) is 10.7. The zero-order valence-corrected chi connectivity index (χ0v) is 21.0. The van der Waals surface area contributed by atoms with E-state index in [2.05, 4.69) is 43.1 Å². The van der Waals surface area contributed by atoms with Gasteiger partial charge in [0, 0.05) is 12.0 Å². The van der Waals surface area contributed by atoms with Gasteiger partial charge >= 0.3 is 0 Å². The second-order valence-corrected chi connectivity index (χ2v) is 9.70. The number of rotatable bonds is 7. The normalized spacial score (nSPS) is 15.3. The van der Waals surface area contributed by atoms with Crippen molar-refractivity contribution in [2.75, 3.05) is 0 Å². The van der Waals surface area contributed by atoms with Crippen molar-refractivity contribution >= 4 is 45.4 Å². The summed E-state index contributed by atoms with van der Waals surface area (Å²) in [5.41, 5.74) is 3.69. The molecule has 8 nitrogen and oxygen atoms in total. The first-order valence-electron chi connectivity index (χ1n) is 12.0. The van der Waals surface area contributed by atoms with Crippen LogP contribution in [0.4, 0.5) is 5.69 Å². The molecule has 4 aromatic carbocycles. The summed E-state index contributed by atoms with van der Waals surface area (Å²) in [4.78, 5) is 18.0. The monoisotopic (exact) mass is 518 g/mol. The molecule has 1 aliphatic rings. The molecule has 0 bridgehead atoms. The minimum Gasteiger partial charge on any atom is -0.488 e. The number of H-pyrrole nitrogens is 1. The number of aliphatic imine (C=N–C) groups is 1. The highest BCUT2D eigenvalue weighted by atomic mass is 32.2. The average Bonchev–Trinajstić information content (AvgIpc) is 3.58. The number of hydrogen-bond donors (Lipinski definition) is 2. The summed E-state index contributed by atoms with van der Waals surface area (Å²) in [7, 11) is 0. The topological polar surface area (TPSA) is 105 Å². The maximum atomic E-state index is 12.8. The fourth-order valence-electron chi connectivity index (χ4n) is 4.08. The van der Waals surface area contributed by atoms with Crippen molar-refractivity contribution in [3.05, 3.63) is 118 Å². The number of carbonyl (C=O) groups excluding carboxylic acids is 1. The fourth-order valence-corrected chi connectivity index (χ4v) is 4.91. The molecule has 2 heterocycles. The smallest absolute Gasteiger partial charge is 0.264 e. The lowest BCUT2D eigenvalue weighted by Gasteiger charge is -2.12. The number of nitrogens with one attached hydrogen (secondary N) is 2. The van der Waals surface area contributed by atoms with Crippen LogP contribution in [-0.2, 0) is 17.8 Å². The number of benzene rings is 4. The van der Waals surface area contributed by atoms with E-state index in [1.54, 1.807) is 0 Å². The van der Waals surface area contributed by atoms with Gasteiger partial charge in [-0.3, -0.25) is 4.79 Å². The van der Waals surface area contributed by atoms with Crippen molar-refractivity contribution in [3.8, 4) is 5.75 Å². The van der Waals surface area contributed by atoms with Crippen LogP contribution in [-0.4, -0.2) is 31.7 Å². The molecule has 0 atom stereocenters. The molecular weight excluding hydrogens is 496 g/mol. The molecule has 1 aliphatic heterocycles. The van der Waals surface area contributed by atoms with Gasteiger partial charge < -0.3 is 10.1 Å². The molecule has 1 amide bonds. The zero-order chi connectivity index (χ0) is 25.7. The SMILES string of the molecule is O=C1NC(=Nc2ccc(Cc3nn[nH]n3)cc2)SC1=Cc1cc2ccccc2cc1OCc1ccccc1. The summed E-state index contributed by atoms with van der Waals surface area (Å²) in [6.45, 7) is 0.435. The zero-order valence-electron chi connectivity index (χ0n) is 20.2. The number of fused-ring (bicyclic) bond motifs is 1. The number of amidine groups is 1. The Kier molecular flexibility index (Phi) is 6.65. The van der Waals surface area contributed by atoms with Gasteiger partial charge in [0.15, 0.2) is 11.0 Å². The molecule has 1 fully saturated rings. The highest BCUT2D eigenvalue weighted by Crippen LogP contribution is 2.33. The van der Waals surface area contributed by atoms with Gasteiger partial charge in [-0.25, -0.2) is 4.99 Å². The van der Waals surface area contributed by atoms with E-state index in [0.29, 0.717) is 28.9 Å². The molecule has 186 valence electrons. The minimum atomic E-state index is -0.190. The number of tetrazole rings is 1. The van der Waals surface area contributed by atoms with Crippen molar-refractivity contribution in [2.24, 2.45) is 4.99 Å². The lowest BCUT2D eigenvalue weighted by atomic mass is 10.1. The van der Waals surface area contributed by atoms with Crippen molar-refractivity contribution in [1.29, 1.82) is 0 Å². The lowest BCUT2D eigenvalue weighted by molar-refractivity contribution is -0.115. The highest BCUT2D eigenvalue weighted by Gasteiger charge is 2.24. The quantitative estimate of drug-likeness (QED) is 0.279. The van der Waals surface area contributed by atoms with E-state index in [0.717, 1.165) is 38.9 Å². The first-order valence-corrected chi connectivity index (χ1v) is 12.8. The summed E-state index contributed by atoms with van der Waals surface area (Å²) in [5.74, 6) is 1.15.